The Bertz CT molecular complexity index is 613. The number of hydrogen-bond donors (Lipinski definition) is 1. The molecule has 18 heavy (non-hydrogen) atoms. The number of rotatable bonds is 1. The fraction of sp³-hybridized carbons (Fsp3) is 0.467. The van der Waals surface area contributed by atoms with E-state index in [-0.39, 0.29) is 0 Å². The number of benzene rings is 1. The van der Waals surface area contributed by atoms with Gasteiger partial charge in [0.2, 0.25) is 0 Å². The van der Waals surface area contributed by atoms with E-state index < -0.39 is 0 Å². The summed E-state index contributed by atoms with van der Waals surface area (Å²) < 4.78 is 7.83. The third-order valence-electron chi connectivity index (χ3n) is 4.07. The van der Waals surface area contributed by atoms with Crippen LogP contribution in [0.1, 0.15) is 23.2 Å². The highest BCUT2D eigenvalue weighted by molar-refractivity contribution is 5.91. The maximum Gasteiger partial charge on any atom is 0.143 e. The minimum absolute atomic E-state index is 0.301. The Labute approximate surface area is 108 Å². The summed E-state index contributed by atoms with van der Waals surface area (Å²) in [4.78, 5) is 0. The van der Waals surface area contributed by atoms with Crippen molar-refractivity contribution in [2.24, 2.45) is 12.8 Å². The van der Waals surface area contributed by atoms with Gasteiger partial charge in [-0.2, -0.15) is 0 Å². The van der Waals surface area contributed by atoms with Crippen molar-refractivity contribution in [3.05, 3.63) is 29.0 Å². The molecule has 0 radical (unpaired) electrons. The van der Waals surface area contributed by atoms with Crippen molar-refractivity contribution in [2.75, 3.05) is 7.11 Å². The Hall–Kier alpha value is -1.48. The number of methoxy groups -OCH3 is 1. The number of aryl methyl sites for hydroxylation is 2. The molecule has 2 aromatic rings. The van der Waals surface area contributed by atoms with Crippen LogP contribution < -0.4 is 10.5 Å². The third-order valence-corrected chi connectivity index (χ3v) is 4.07. The average molecular weight is 244 g/mol. The number of ether oxygens (including phenoxy) is 1. The lowest BCUT2D eigenvalue weighted by molar-refractivity contribution is 0.417. The van der Waals surface area contributed by atoms with Crippen LogP contribution in [0.15, 0.2) is 12.1 Å². The first-order valence-electron chi connectivity index (χ1n) is 6.52. The Morgan fingerprint density at radius 2 is 2.17 bits per heavy atom. The van der Waals surface area contributed by atoms with E-state index in [1.165, 1.54) is 27.7 Å². The Balaban J connectivity index is 2.36. The highest BCUT2D eigenvalue weighted by atomic mass is 16.5. The van der Waals surface area contributed by atoms with Crippen LogP contribution in [-0.4, -0.2) is 17.7 Å². The van der Waals surface area contributed by atoms with Crippen molar-refractivity contribution >= 4 is 10.9 Å². The largest absolute Gasteiger partial charge is 0.495 e. The van der Waals surface area contributed by atoms with Gasteiger partial charge in [0.15, 0.2) is 0 Å². The van der Waals surface area contributed by atoms with Gasteiger partial charge in [-0.25, -0.2) is 0 Å². The number of nitrogens with zero attached hydrogens (tertiary/aromatic N) is 1. The molecule has 0 saturated heterocycles. The molecule has 0 amide bonds. The highest BCUT2D eigenvalue weighted by Gasteiger charge is 2.24. The maximum atomic E-state index is 6.12. The lowest BCUT2D eigenvalue weighted by Gasteiger charge is -2.19. The quantitative estimate of drug-likeness (QED) is 0.836. The molecule has 0 fully saturated rings. The summed E-state index contributed by atoms with van der Waals surface area (Å²) in [6.07, 6.45) is 3.14. The molecule has 2 N–H and O–H groups in total. The van der Waals surface area contributed by atoms with Crippen molar-refractivity contribution in [2.45, 2.75) is 32.2 Å². The van der Waals surface area contributed by atoms with E-state index >= 15 is 0 Å². The minimum Gasteiger partial charge on any atom is -0.495 e. The van der Waals surface area contributed by atoms with Gasteiger partial charge in [0.1, 0.15) is 5.75 Å². The molecule has 1 aromatic heterocycles. The van der Waals surface area contributed by atoms with E-state index in [1.54, 1.807) is 7.11 Å². The number of hydrogen-bond acceptors (Lipinski definition) is 2. The van der Waals surface area contributed by atoms with Crippen LogP contribution in [0.25, 0.3) is 10.9 Å². The third kappa shape index (κ3) is 1.54. The molecule has 3 nitrogen and oxygen atoms in total. The molecular formula is C15H20N2O. The first-order valence-corrected chi connectivity index (χ1v) is 6.52. The van der Waals surface area contributed by atoms with Gasteiger partial charge in [-0.3, -0.25) is 0 Å². The zero-order chi connectivity index (χ0) is 12.9. The molecule has 1 unspecified atom stereocenters. The second kappa shape index (κ2) is 4.02. The number of fused-ring (bicyclic) bond motifs is 3. The fourth-order valence-electron chi connectivity index (χ4n) is 3.20. The second-order valence-electron chi connectivity index (χ2n) is 5.35. The van der Waals surface area contributed by atoms with E-state index in [0.29, 0.717) is 6.04 Å². The van der Waals surface area contributed by atoms with Crippen molar-refractivity contribution in [1.29, 1.82) is 0 Å². The second-order valence-corrected chi connectivity index (χ2v) is 5.35. The van der Waals surface area contributed by atoms with Gasteiger partial charge in [-0.05, 0) is 49.4 Å². The van der Waals surface area contributed by atoms with E-state index in [0.717, 1.165) is 25.0 Å². The Morgan fingerprint density at radius 3 is 2.89 bits per heavy atom. The zero-order valence-corrected chi connectivity index (χ0v) is 11.3. The van der Waals surface area contributed by atoms with E-state index in [4.69, 9.17) is 10.5 Å². The van der Waals surface area contributed by atoms with Crippen LogP contribution in [-0.2, 0) is 19.9 Å². The van der Waals surface area contributed by atoms with Gasteiger partial charge in [0, 0.05) is 24.2 Å². The molecular weight excluding hydrogens is 224 g/mol. The van der Waals surface area contributed by atoms with E-state index in [9.17, 15) is 0 Å². The van der Waals surface area contributed by atoms with Crippen molar-refractivity contribution in [1.82, 2.24) is 4.57 Å². The molecule has 1 atom stereocenters. The van der Waals surface area contributed by atoms with Crippen LogP contribution in [0, 0.1) is 6.92 Å². The maximum absolute atomic E-state index is 6.12. The summed E-state index contributed by atoms with van der Waals surface area (Å²) >= 11 is 0. The van der Waals surface area contributed by atoms with Gasteiger partial charge < -0.3 is 15.0 Å². The molecule has 1 aliphatic carbocycles. The molecule has 1 aromatic carbocycles. The summed E-state index contributed by atoms with van der Waals surface area (Å²) in [5, 5.41) is 1.32. The predicted molar refractivity (Wildman–Crippen MR) is 74.2 cm³/mol. The van der Waals surface area contributed by atoms with Crippen molar-refractivity contribution < 1.29 is 4.74 Å². The number of aromatic nitrogens is 1. The summed E-state index contributed by atoms with van der Waals surface area (Å²) in [6.45, 7) is 2.12. The van der Waals surface area contributed by atoms with Gasteiger partial charge in [0.05, 0.1) is 12.6 Å². The van der Waals surface area contributed by atoms with Crippen LogP contribution >= 0.6 is 0 Å². The van der Waals surface area contributed by atoms with Crippen LogP contribution in [0.3, 0.4) is 0 Å². The predicted octanol–water partition coefficient (Wildman–Crippen LogP) is 2.31. The van der Waals surface area contributed by atoms with E-state index in [2.05, 4.69) is 30.7 Å². The normalized spacial score (nSPS) is 19.0. The molecule has 96 valence electrons. The summed E-state index contributed by atoms with van der Waals surface area (Å²) in [7, 11) is 3.88. The molecule has 3 heteroatoms. The highest BCUT2D eigenvalue weighted by Crippen LogP contribution is 2.36. The molecule has 1 aliphatic rings. The van der Waals surface area contributed by atoms with Crippen LogP contribution in [0.4, 0.5) is 0 Å². The first-order chi connectivity index (χ1) is 8.61. The van der Waals surface area contributed by atoms with Gasteiger partial charge >= 0.3 is 0 Å². The lowest BCUT2D eigenvalue weighted by Crippen LogP contribution is -2.28. The molecule has 1 heterocycles. The average Bonchev–Trinajstić information content (AvgIpc) is 2.62. The van der Waals surface area contributed by atoms with Crippen LogP contribution in [0.2, 0.25) is 0 Å². The summed E-state index contributed by atoms with van der Waals surface area (Å²) in [5.41, 5.74) is 11.4. The summed E-state index contributed by atoms with van der Waals surface area (Å²) in [6, 6.07) is 4.66. The molecule has 0 saturated carbocycles. The van der Waals surface area contributed by atoms with E-state index in [1.807, 2.05) is 0 Å². The van der Waals surface area contributed by atoms with Gasteiger partial charge in [-0.15, -0.1) is 0 Å². The SMILES string of the molecule is COc1cc(C)cc2c3c(n(C)c12)CCC(N)C3. The fourth-order valence-corrected chi connectivity index (χ4v) is 3.20. The van der Waals surface area contributed by atoms with Gasteiger partial charge in [0.25, 0.3) is 0 Å². The van der Waals surface area contributed by atoms with Gasteiger partial charge in [-0.1, -0.05) is 0 Å². The molecule has 0 aliphatic heterocycles. The topological polar surface area (TPSA) is 40.2 Å². The standard InChI is InChI=1S/C15H20N2O/c1-9-6-12-11-8-10(16)4-5-13(11)17(2)15(12)14(7-9)18-3/h6-7,10H,4-5,8,16H2,1-3H3. The number of nitrogens with two attached hydrogens (primary N) is 1. The zero-order valence-electron chi connectivity index (χ0n) is 11.3. The van der Waals surface area contributed by atoms with Crippen molar-refractivity contribution in [3.8, 4) is 5.75 Å². The molecule has 0 spiro atoms. The molecule has 0 bridgehead atoms. The Kier molecular flexibility index (Phi) is 2.59. The molecule has 3 rings (SSSR count). The monoisotopic (exact) mass is 244 g/mol. The van der Waals surface area contributed by atoms with Crippen molar-refractivity contribution in [3.63, 3.8) is 0 Å². The minimum atomic E-state index is 0.301. The first kappa shape index (κ1) is 11.6. The smallest absolute Gasteiger partial charge is 0.143 e. The lowest BCUT2D eigenvalue weighted by atomic mass is 9.91. The summed E-state index contributed by atoms with van der Waals surface area (Å²) in [5.74, 6) is 0.968. The van der Waals surface area contributed by atoms with Crippen LogP contribution in [0.5, 0.6) is 5.75 Å². The Morgan fingerprint density at radius 1 is 1.39 bits per heavy atom.